The number of hydrogen-bond donors (Lipinski definition) is 1. The van der Waals surface area contributed by atoms with Gasteiger partial charge >= 0.3 is 5.97 Å². The van der Waals surface area contributed by atoms with Gasteiger partial charge in [0.05, 0.1) is 0 Å². The lowest BCUT2D eigenvalue weighted by Crippen LogP contribution is -2.42. The Labute approximate surface area is 105 Å². The normalized spacial score (nSPS) is 24.1. The number of pyridine rings is 1. The summed E-state index contributed by atoms with van der Waals surface area (Å²) >= 11 is 0. The van der Waals surface area contributed by atoms with Crippen molar-refractivity contribution in [2.24, 2.45) is 5.92 Å². The molecule has 1 aliphatic heterocycles. The Morgan fingerprint density at radius 3 is 2.89 bits per heavy atom. The van der Waals surface area contributed by atoms with Crippen molar-refractivity contribution in [2.75, 3.05) is 11.4 Å². The van der Waals surface area contributed by atoms with Gasteiger partial charge in [-0.2, -0.15) is 0 Å². The average Bonchev–Trinajstić information content (AvgIpc) is 2.32. The minimum Gasteiger partial charge on any atom is -0.478 e. The van der Waals surface area contributed by atoms with Crippen molar-refractivity contribution in [3.8, 4) is 0 Å². The van der Waals surface area contributed by atoms with Gasteiger partial charge in [0.15, 0.2) is 11.6 Å². The van der Waals surface area contributed by atoms with Gasteiger partial charge in [0, 0.05) is 18.8 Å². The molecular formula is C13H17FN2O2. The summed E-state index contributed by atoms with van der Waals surface area (Å²) in [7, 11) is 0. The zero-order valence-corrected chi connectivity index (χ0v) is 10.6. The lowest BCUT2D eigenvalue weighted by Gasteiger charge is -2.37. The first-order valence-electron chi connectivity index (χ1n) is 6.15. The number of anilines is 1. The van der Waals surface area contributed by atoms with Gasteiger partial charge in [0.25, 0.3) is 0 Å². The van der Waals surface area contributed by atoms with Crippen LogP contribution in [-0.4, -0.2) is 28.6 Å². The molecule has 1 aliphatic rings. The van der Waals surface area contributed by atoms with Crippen molar-refractivity contribution in [2.45, 2.75) is 32.7 Å². The first kappa shape index (κ1) is 12.8. The first-order valence-corrected chi connectivity index (χ1v) is 6.15. The Morgan fingerprint density at radius 2 is 2.22 bits per heavy atom. The van der Waals surface area contributed by atoms with E-state index < -0.39 is 11.8 Å². The lowest BCUT2D eigenvalue weighted by atomic mass is 9.95. The van der Waals surface area contributed by atoms with E-state index >= 15 is 0 Å². The Bertz CT molecular complexity index is 464. The summed E-state index contributed by atoms with van der Waals surface area (Å²) in [5, 5.41) is 8.92. The molecule has 0 bridgehead atoms. The fourth-order valence-corrected chi connectivity index (χ4v) is 2.38. The van der Waals surface area contributed by atoms with Crippen LogP contribution in [0.2, 0.25) is 0 Å². The second-order valence-electron chi connectivity index (χ2n) is 4.99. The van der Waals surface area contributed by atoms with E-state index in [2.05, 4.69) is 11.9 Å². The summed E-state index contributed by atoms with van der Waals surface area (Å²) in [6, 6.07) is 1.38. The van der Waals surface area contributed by atoms with Crippen LogP contribution in [0.25, 0.3) is 0 Å². The fraction of sp³-hybridized carbons (Fsp3) is 0.538. The van der Waals surface area contributed by atoms with E-state index in [0.29, 0.717) is 12.5 Å². The maximum Gasteiger partial charge on any atom is 0.338 e. The molecule has 0 saturated carbocycles. The van der Waals surface area contributed by atoms with E-state index in [9.17, 15) is 9.18 Å². The molecule has 4 nitrogen and oxygen atoms in total. The minimum atomic E-state index is -1.26. The predicted molar refractivity (Wildman–Crippen MR) is 66.4 cm³/mol. The van der Waals surface area contributed by atoms with Crippen molar-refractivity contribution in [3.63, 3.8) is 0 Å². The van der Waals surface area contributed by atoms with Crippen LogP contribution in [0, 0.1) is 11.7 Å². The Hall–Kier alpha value is -1.65. The van der Waals surface area contributed by atoms with Gasteiger partial charge in [0.1, 0.15) is 5.56 Å². The molecule has 18 heavy (non-hydrogen) atoms. The third-order valence-corrected chi connectivity index (χ3v) is 3.49. The van der Waals surface area contributed by atoms with Crippen molar-refractivity contribution in [1.29, 1.82) is 0 Å². The molecule has 0 aromatic carbocycles. The van der Waals surface area contributed by atoms with E-state index in [1.165, 1.54) is 12.3 Å². The molecule has 2 unspecified atom stereocenters. The van der Waals surface area contributed by atoms with Crippen LogP contribution >= 0.6 is 0 Å². The molecule has 0 aliphatic carbocycles. The highest BCUT2D eigenvalue weighted by atomic mass is 19.1. The van der Waals surface area contributed by atoms with Crippen molar-refractivity contribution in [1.82, 2.24) is 4.98 Å². The molecule has 1 N–H and O–H groups in total. The summed E-state index contributed by atoms with van der Waals surface area (Å²) in [4.78, 5) is 16.8. The summed E-state index contributed by atoms with van der Waals surface area (Å²) in [6.07, 6.45) is 3.44. The summed E-state index contributed by atoms with van der Waals surface area (Å²) < 4.78 is 14.1. The summed E-state index contributed by atoms with van der Waals surface area (Å²) in [5.74, 6) is -1.36. The fourth-order valence-electron chi connectivity index (χ4n) is 2.38. The molecule has 98 valence electrons. The quantitative estimate of drug-likeness (QED) is 0.878. The van der Waals surface area contributed by atoms with Crippen molar-refractivity contribution < 1.29 is 14.3 Å². The highest BCUT2D eigenvalue weighted by Crippen LogP contribution is 2.28. The van der Waals surface area contributed by atoms with Gasteiger partial charge in [-0.15, -0.1) is 0 Å². The summed E-state index contributed by atoms with van der Waals surface area (Å²) in [5.41, 5.74) is -0.314. The number of piperidine rings is 1. The SMILES string of the molecule is CC1CCC(C)N(c2nccc(C(=O)O)c2F)C1. The third-order valence-electron chi connectivity index (χ3n) is 3.49. The standard InChI is InChI=1S/C13H17FN2O2/c1-8-3-4-9(2)16(7-8)12-11(14)10(13(17)18)5-6-15-12/h5-6,8-9H,3-4,7H2,1-2H3,(H,17,18). The number of nitrogens with zero attached hydrogens (tertiary/aromatic N) is 2. The second-order valence-corrected chi connectivity index (χ2v) is 4.99. The van der Waals surface area contributed by atoms with Gasteiger partial charge in [-0.05, 0) is 31.7 Å². The van der Waals surface area contributed by atoms with Crippen LogP contribution in [0.3, 0.4) is 0 Å². The predicted octanol–water partition coefficient (Wildman–Crippen LogP) is 2.54. The van der Waals surface area contributed by atoms with Crippen LogP contribution in [-0.2, 0) is 0 Å². The molecule has 5 heteroatoms. The molecule has 0 amide bonds. The topological polar surface area (TPSA) is 53.4 Å². The highest BCUT2D eigenvalue weighted by Gasteiger charge is 2.27. The number of carboxylic acids is 1. The first-order chi connectivity index (χ1) is 8.50. The van der Waals surface area contributed by atoms with Crippen LogP contribution in [0.1, 0.15) is 37.0 Å². The van der Waals surface area contributed by atoms with Crippen LogP contribution in [0.5, 0.6) is 0 Å². The van der Waals surface area contributed by atoms with Gasteiger partial charge < -0.3 is 10.0 Å². The smallest absolute Gasteiger partial charge is 0.338 e. The minimum absolute atomic E-state index is 0.161. The molecule has 1 aromatic heterocycles. The number of aromatic carboxylic acids is 1. The zero-order chi connectivity index (χ0) is 13.3. The van der Waals surface area contributed by atoms with Gasteiger partial charge in [-0.3, -0.25) is 0 Å². The maximum atomic E-state index is 14.1. The Morgan fingerprint density at radius 1 is 1.50 bits per heavy atom. The van der Waals surface area contributed by atoms with Gasteiger partial charge in [-0.25, -0.2) is 14.2 Å². The van der Waals surface area contributed by atoms with Crippen molar-refractivity contribution >= 4 is 11.8 Å². The molecule has 1 saturated heterocycles. The molecule has 0 spiro atoms. The number of rotatable bonds is 2. The third kappa shape index (κ3) is 2.30. The molecule has 2 atom stereocenters. The van der Waals surface area contributed by atoms with Crippen LogP contribution in [0.15, 0.2) is 12.3 Å². The Balaban J connectivity index is 2.38. The second kappa shape index (κ2) is 4.92. The summed E-state index contributed by atoms with van der Waals surface area (Å²) in [6.45, 7) is 4.84. The molecule has 2 rings (SSSR count). The van der Waals surface area contributed by atoms with E-state index in [1.54, 1.807) is 0 Å². The molecule has 0 radical (unpaired) electrons. The maximum absolute atomic E-state index is 14.1. The highest BCUT2D eigenvalue weighted by molar-refractivity contribution is 5.88. The number of hydrogen-bond acceptors (Lipinski definition) is 3. The molecule has 1 fully saturated rings. The Kier molecular flexibility index (Phi) is 3.50. The molecular weight excluding hydrogens is 235 g/mol. The van der Waals surface area contributed by atoms with E-state index in [-0.39, 0.29) is 17.4 Å². The zero-order valence-electron chi connectivity index (χ0n) is 10.6. The van der Waals surface area contributed by atoms with Crippen LogP contribution < -0.4 is 4.90 Å². The van der Waals surface area contributed by atoms with E-state index in [0.717, 1.165) is 12.8 Å². The molecule has 1 aromatic rings. The lowest BCUT2D eigenvalue weighted by molar-refractivity contribution is 0.0691. The number of halogens is 1. The van der Waals surface area contributed by atoms with Gasteiger partial charge in [0.2, 0.25) is 0 Å². The van der Waals surface area contributed by atoms with E-state index in [1.807, 2.05) is 11.8 Å². The monoisotopic (exact) mass is 252 g/mol. The molecule has 2 heterocycles. The number of aromatic nitrogens is 1. The number of carbonyl (C=O) groups is 1. The van der Waals surface area contributed by atoms with Crippen LogP contribution in [0.4, 0.5) is 10.2 Å². The van der Waals surface area contributed by atoms with E-state index in [4.69, 9.17) is 5.11 Å². The van der Waals surface area contributed by atoms with Crippen molar-refractivity contribution in [3.05, 3.63) is 23.6 Å². The number of carboxylic acid groups (broad SMARTS) is 1. The average molecular weight is 252 g/mol. The largest absolute Gasteiger partial charge is 0.478 e. The van der Waals surface area contributed by atoms with Gasteiger partial charge in [-0.1, -0.05) is 6.92 Å².